The summed E-state index contributed by atoms with van der Waals surface area (Å²) in [6, 6.07) is 21.4. The van der Waals surface area contributed by atoms with E-state index in [4.69, 9.17) is 4.43 Å². The predicted molar refractivity (Wildman–Crippen MR) is 128 cm³/mol. The van der Waals surface area contributed by atoms with Crippen LogP contribution < -0.4 is 10.4 Å². The van der Waals surface area contributed by atoms with Crippen LogP contribution in [0.25, 0.3) is 0 Å². The fourth-order valence-electron chi connectivity index (χ4n) is 5.03. The van der Waals surface area contributed by atoms with Crippen molar-refractivity contribution in [1.82, 2.24) is 4.98 Å². The molecule has 0 radical (unpaired) electrons. The van der Waals surface area contributed by atoms with E-state index in [1.165, 1.54) is 21.5 Å². The van der Waals surface area contributed by atoms with Crippen LogP contribution in [0.5, 0.6) is 0 Å². The summed E-state index contributed by atoms with van der Waals surface area (Å²) in [6.07, 6.45) is 4.64. The van der Waals surface area contributed by atoms with Gasteiger partial charge in [-0.2, -0.15) is 0 Å². The number of hydrogen-bond acceptors (Lipinski definition) is 3. The van der Waals surface area contributed by atoms with Crippen LogP contribution in [-0.4, -0.2) is 19.6 Å². The highest BCUT2D eigenvalue weighted by Gasteiger charge is 2.50. The second-order valence-corrected chi connectivity index (χ2v) is 13.9. The number of carbonyl (C=O) groups is 1. The van der Waals surface area contributed by atoms with Gasteiger partial charge in [0, 0.05) is 17.8 Å². The van der Waals surface area contributed by atoms with E-state index in [2.05, 4.69) is 86.4 Å². The molecule has 0 N–H and O–H groups in total. The minimum Gasteiger partial charge on any atom is -0.403 e. The molecule has 2 aromatic carbocycles. The number of carbonyl (C=O) groups excluding carboxylic acids is 1. The largest absolute Gasteiger partial charge is 0.403 e. The molecule has 0 saturated heterocycles. The first kappa shape index (κ1) is 21.7. The molecule has 0 amide bonds. The lowest BCUT2D eigenvalue weighted by atomic mass is 10.1. The van der Waals surface area contributed by atoms with Gasteiger partial charge in [-0.25, -0.2) is 0 Å². The molecule has 1 aromatic heterocycles. The molecule has 31 heavy (non-hydrogen) atoms. The SMILES string of the molecule is Cc1ncc(CO[Si](c2ccccc2)(c2ccccc2)C(C)(C)C)c2c1CC(C=O)C2. The molecule has 1 heterocycles. The van der Waals surface area contributed by atoms with Gasteiger partial charge in [0.2, 0.25) is 0 Å². The Labute approximate surface area is 186 Å². The molecule has 0 bridgehead atoms. The van der Waals surface area contributed by atoms with Crippen molar-refractivity contribution >= 4 is 25.0 Å². The van der Waals surface area contributed by atoms with Crippen molar-refractivity contribution in [2.45, 2.75) is 52.2 Å². The van der Waals surface area contributed by atoms with Gasteiger partial charge < -0.3 is 9.22 Å². The summed E-state index contributed by atoms with van der Waals surface area (Å²) in [7, 11) is -2.60. The molecule has 1 aliphatic rings. The molecule has 3 aromatic rings. The minimum absolute atomic E-state index is 0.0597. The van der Waals surface area contributed by atoms with Gasteiger partial charge in [0.25, 0.3) is 8.32 Å². The number of pyridine rings is 1. The molecular weight excluding hydrogens is 398 g/mol. The second-order valence-electron chi connectivity index (χ2n) is 9.58. The number of aryl methyl sites for hydroxylation is 1. The van der Waals surface area contributed by atoms with Crippen LogP contribution in [0.1, 0.15) is 43.2 Å². The molecule has 4 heteroatoms. The predicted octanol–water partition coefficient (Wildman–Crippen LogP) is 4.38. The smallest absolute Gasteiger partial charge is 0.261 e. The Morgan fingerprint density at radius 1 is 0.968 bits per heavy atom. The van der Waals surface area contributed by atoms with Crippen LogP contribution in [0.3, 0.4) is 0 Å². The van der Waals surface area contributed by atoms with Crippen LogP contribution in [0.4, 0.5) is 0 Å². The molecule has 1 aliphatic carbocycles. The molecule has 3 nitrogen and oxygen atoms in total. The van der Waals surface area contributed by atoms with E-state index in [1.807, 2.05) is 13.1 Å². The Hall–Kier alpha value is -2.56. The Bertz CT molecular complexity index is 1020. The molecule has 0 spiro atoms. The van der Waals surface area contributed by atoms with Gasteiger partial charge in [0.1, 0.15) is 6.29 Å². The zero-order chi connectivity index (χ0) is 22.1. The van der Waals surface area contributed by atoms with E-state index in [-0.39, 0.29) is 11.0 Å². The Morgan fingerprint density at radius 2 is 1.52 bits per heavy atom. The number of nitrogens with zero attached hydrogens (tertiary/aromatic N) is 1. The van der Waals surface area contributed by atoms with E-state index in [0.717, 1.165) is 30.4 Å². The number of hydrogen-bond donors (Lipinski definition) is 0. The van der Waals surface area contributed by atoms with Crippen molar-refractivity contribution in [3.8, 4) is 0 Å². The zero-order valence-corrected chi connectivity index (χ0v) is 19.9. The van der Waals surface area contributed by atoms with Crippen LogP contribution >= 0.6 is 0 Å². The summed E-state index contributed by atoms with van der Waals surface area (Å²) in [4.78, 5) is 16.1. The highest BCUT2D eigenvalue weighted by Crippen LogP contribution is 2.38. The van der Waals surface area contributed by atoms with E-state index >= 15 is 0 Å². The fourth-order valence-corrected chi connectivity index (χ4v) is 9.56. The molecule has 0 fully saturated rings. The van der Waals surface area contributed by atoms with Crippen molar-refractivity contribution in [3.63, 3.8) is 0 Å². The number of benzene rings is 2. The summed E-state index contributed by atoms with van der Waals surface area (Å²) in [5.74, 6) is 0.0597. The summed E-state index contributed by atoms with van der Waals surface area (Å²) in [6.45, 7) is 9.42. The van der Waals surface area contributed by atoms with Gasteiger partial charge in [-0.3, -0.25) is 4.98 Å². The number of aldehydes is 1. The Kier molecular flexibility index (Phi) is 5.95. The van der Waals surface area contributed by atoms with Gasteiger partial charge in [-0.1, -0.05) is 81.4 Å². The van der Waals surface area contributed by atoms with E-state index in [0.29, 0.717) is 6.61 Å². The molecular formula is C27H31NO2Si. The quantitative estimate of drug-likeness (QED) is 0.431. The van der Waals surface area contributed by atoms with Crippen LogP contribution in [-0.2, 0) is 28.7 Å². The van der Waals surface area contributed by atoms with E-state index in [1.54, 1.807) is 0 Å². The third-order valence-corrected chi connectivity index (χ3v) is 11.6. The summed E-state index contributed by atoms with van der Waals surface area (Å²) >= 11 is 0. The first-order chi connectivity index (χ1) is 14.9. The van der Waals surface area contributed by atoms with Crippen molar-refractivity contribution in [3.05, 3.63) is 89.2 Å². The Balaban J connectivity index is 1.79. The maximum absolute atomic E-state index is 11.5. The first-order valence-corrected chi connectivity index (χ1v) is 12.9. The highest BCUT2D eigenvalue weighted by atomic mass is 28.4. The van der Waals surface area contributed by atoms with E-state index in [9.17, 15) is 4.79 Å². The average molecular weight is 430 g/mol. The Morgan fingerprint density at radius 3 is 2.03 bits per heavy atom. The summed E-state index contributed by atoms with van der Waals surface area (Å²) in [5, 5.41) is 2.48. The maximum atomic E-state index is 11.5. The second kappa shape index (κ2) is 8.52. The normalized spacial score (nSPS) is 16.2. The first-order valence-electron chi connectivity index (χ1n) is 11.0. The lowest BCUT2D eigenvalue weighted by Crippen LogP contribution is -2.66. The van der Waals surface area contributed by atoms with Gasteiger partial charge >= 0.3 is 0 Å². The molecule has 160 valence electrons. The number of fused-ring (bicyclic) bond motifs is 1. The lowest BCUT2D eigenvalue weighted by Gasteiger charge is -2.43. The minimum atomic E-state index is -2.60. The molecule has 0 aliphatic heterocycles. The van der Waals surface area contributed by atoms with Crippen LogP contribution in [0.2, 0.25) is 5.04 Å². The summed E-state index contributed by atoms with van der Waals surface area (Å²) in [5.41, 5.74) is 4.66. The molecule has 0 saturated carbocycles. The fraction of sp³-hybridized carbons (Fsp3) is 0.333. The lowest BCUT2D eigenvalue weighted by molar-refractivity contribution is -0.110. The van der Waals surface area contributed by atoms with Gasteiger partial charge in [0.05, 0.1) is 6.61 Å². The highest BCUT2D eigenvalue weighted by molar-refractivity contribution is 6.99. The summed E-state index contributed by atoms with van der Waals surface area (Å²) < 4.78 is 7.10. The monoisotopic (exact) mass is 429 g/mol. The third-order valence-electron chi connectivity index (χ3n) is 6.59. The van der Waals surface area contributed by atoms with Crippen molar-refractivity contribution < 1.29 is 9.22 Å². The number of aromatic nitrogens is 1. The van der Waals surface area contributed by atoms with Crippen molar-refractivity contribution in [1.29, 1.82) is 0 Å². The van der Waals surface area contributed by atoms with Crippen LogP contribution in [0.15, 0.2) is 66.9 Å². The van der Waals surface area contributed by atoms with Crippen LogP contribution in [0, 0.1) is 12.8 Å². The third kappa shape index (κ3) is 3.90. The topological polar surface area (TPSA) is 39.2 Å². The molecule has 1 atom stereocenters. The maximum Gasteiger partial charge on any atom is 0.261 e. The molecule has 1 unspecified atom stereocenters. The van der Waals surface area contributed by atoms with E-state index < -0.39 is 8.32 Å². The van der Waals surface area contributed by atoms with Gasteiger partial charge in [-0.05, 0) is 51.9 Å². The van der Waals surface area contributed by atoms with Crippen molar-refractivity contribution in [2.75, 3.05) is 0 Å². The van der Waals surface area contributed by atoms with Gasteiger partial charge in [-0.15, -0.1) is 0 Å². The standard InChI is InChI=1S/C27H31NO2Si/c1-20-25-15-21(18-29)16-26(25)22(17-28-20)19-30-31(27(2,3)4,23-11-7-5-8-12-23)24-13-9-6-10-14-24/h5-14,17-18,21H,15-16,19H2,1-4H3. The average Bonchev–Trinajstić information content (AvgIpc) is 3.22. The van der Waals surface area contributed by atoms with Crippen molar-refractivity contribution in [2.24, 2.45) is 5.92 Å². The molecule has 4 rings (SSSR count). The zero-order valence-electron chi connectivity index (χ0n) is 18.9. The number of rotatable bonds is 6. The van der Waals surface area contributed by atoms with Gasteiger partial charge in [0.15, 0.2) is 0 Å².